The summed E-state index contributed by atoms with van der Waals surface area (Å²) >= 11 is 0. The first-order valence-corrected chi connectivity index (χ1v) is 6.49. The van der Waals surface area contributed by atoms with Gasteiger partial charge in [0.25, 0.3) is 5.91 Å². The molecule has 98 valence electrons. The summed E-state index contributed by atoms with van der Waals surface area (Å²) in [5.41, 5.74) is 6.98. The molecule has 1 aromatic rings. The summed E-state index contributed by atoms with van der Waals surface area (Å²) in [7, 11) is 0. The zero-order valence-electron chi connectivity index (χ0n) is 11.1. The number of carbonyl (C=O) groups excluding carboxylic acids is 1. The lowest BCUT2D eigenvalue weighted by Crippen LogP contribution is -2.33. The van der Waals surface area contributed by atoms with E-state index >= 15 is 0 Å². The van der Waals surface area contributed by atoms with Crippen LogP contribution in [0, 0.1) is 5.41 Å². The van der Waals surface area contributed by atoms with E-state index in [1.807, 2.05) is 4.90 Å². The zero-order valence-corrected chi connectivity index (χ0v) is 11.1. The molecule has 2 rings (SSSR count). The standard InChI is InChI=1S/C14H21N3O/c1-14(2)6-4-9-17(10-7-14)13(18)12-11(15)5-3-8-16-12/h3,5,8H,4,6-7,9-10,15H2,1-2H3. The largest absolute Gasteiger partial charge is 0.397 e. The third kappa shape index (κ3) is 2.81. The van der Waals surface area contributed by atoms with E-state index in [0.29, 0.717) is 16.8 Å². The number of aromatic nitrogens is 1. The first-order chi connectivity index (χ1) is 8.49. The van der Waals surface area contributed by atoms with Gasteiger partial charge in [0, 0.05) is 19.3 Å². The van der Waals surface area contributed by atoms with Crippen LogP contribution in [0.5, 0.6) is 0 Å². The third-order valence-corrected chi connectivity index (χ3v) is 3.67. The molecule has 0 atom stereocenters. The minimum absolute atomic E-state index is 0.0363. The van der Waals surface area contributed by atoms with Crippen LogP contribution in [-0.2, 0) is 0 Å². The molecule has 0 bridgehead atoms. The Morgan fingerprint density at radius 1 is 1.39 bits per heavy atom. The van der Waals surface area contributed by atoms with Crippen molar-refractivity contribution in [2.45, 2.75) is 33.1 Å². The fourth-order valence-electron chi connectivity index (χ4n) is 2.37. The average molecular weight is 247 g/mol. The Balaban J connectivity index is 2.13. The molecule has 0 unspecified atom stereocenters. The lowest BCUT2D eigenvalue weighted by Gasteiger charge is -2.23. The van der Waals surface area contributed by atoms with E-state index in [4.69, 9.17) is 5.73 Å². The number of carbonyl (C=O) groups is 1. The van der Waals surface area contributed by atoms with E-state index in [1.165, 1.54) is 0 Å². The number of hydrogen-bond donors (Lipinski definition) is 1. The fraction of sp³-hybridized carbons (Fsp3) is 0.571. The highest BCUT2D eigenvalue weighted by molar-refractivity contribution is 5.97. The van der Waals surface area contributed by atoms with Crippen LogP contribution in [0.25, 0.3) is 0 Å². The minimum atomic E-state index is -0.0363. The van der Waals surface area contributed by atoms with Gasteiger partial charge in [-0.05, 0) is 36.8 Å². The summed E-state index contributed by atoms with van der Waals surface area (Å²) in [5.74, 6) is -0.0363. The maximum absolute atomic E-state index is 12.4. The molecule has 1 aliphatic heterocycles. The molecule has 18 heavy (non-hydrogen) atoms. The van der Waals surface area contributed by atoms with Crippen molar-refractivity contribution in [2.75, 3.05) is 18.8 Å². The number of rotatable bonds is 1. The van der Waals surface area contributed by atoms with Crippen LogP contribution in [0.15, 0.2) is 18.3 Å². The summed E-state index contributed by atoms with van der Waals surface area (Å²) in [5, 5.41) is 0. The Hall–Kier alpha value is -1.58. The molecule has 1 aromatic heterocycles. The monoisotopic (exact) mass is 247 g/mol. The molecule has 1 fully saturated rings. The van der Waals surface area contributed by atoms with Gasteiger partial charge < -0.3 is 10.6 Å². The van der Waals surface area contributed by atoms with Crippen molar-refractivity contribution in [1.82, 2.24) is 9.88 Å². The van der Waals surface area contributed by atoms with E-state index in [9.17, 15) is 4.79 Å². The number of nitrogens with two attached hydrogens (primary N) is 1. The molecule has 0 aromatic carbocycles. The first kappa shape index (κ1) is 12.9. The highest BCUT2D eigenvalue weighted by atomic mass is 16.2. The summed E-state index contributed by atoms with van der Waals surface area (Å²) < 4.78 is 0. The predicted octanol–water partition coefficient (Wildman–Crippen LogP) is 2.32. The lowest BCUT2D eigenvalue weighted by atomic mass is 9.85. The Labute approximate surface area is 108 Å². The van der Waals surface area contributed by atoms with E-state index in [0.717, 1.165) is 32.4 Å². The normalized spacial score (nSPS) is 19.3. The lowest BCUT2D eigenvalue weighted by molar-refractivity contribution is 0.0752. The smallest absolute Gasteiger partial charge is 0.274 e. The highest BCUT2D eigenvalue weighted by Gasteiger charge is 2.27. The first-order valence-electron chi connectivity index (χ1n) is 6.49. The van der Waals surface area contributed by atoms with Gasteiger partial charge >= 0.3 is 0 Å². The van der Waals surface area contributed by atoms with Gasteiger partial charge in [-0.3, -0.25) is 4.79 Å². The number of pyridine rings is 1. The van der Waals surface area contributed by atoms with Crippen molar-refractivity contribution in [1.29, 1.82) is 0 Å². The molecule has 1 saturated heterocycles. The fourth-order valence-corrected chi connectivity index (χ4v) is 2.37. The van der Waals surface area contributed by atoms with E-state index in [-0.39, 0.29) is 5.91 Å². The van der Waals surface area contributed by atoms with E-state index < -0.39 is 0 Å². The van der Waals surface area contributed by atoms with Crippen molar-refractivity contribution >= 4 is 11.6 Å². The van der Waals surface area contributed by atoms with Crippen LogP contribution in [0.3, 0.4) is 0 Å². The molecule has 2 N–H and O–H groups in total. The van der Waals surface area contributed by atoms with Gasteiger partial charge in [0.2, 0.25) is 0 Å². The van der Waals surface area contributed by atoms with Gasteiger partial charge in [0.05, 0.1) is 5.69 Å². The van der Waals surface area contributed by atoms with E-state index in [1.54, 1.807) is 18.3 Å². The van der Waals surface area contributed by atoms with Crippen molar-refractivity contribution < 1.29 is 4.79 Å². The maximum Gasteiger partial charge on any atom is 0.274 e. The average Bonchev–Trinajstić information content (AvgIpc) is 2.50. The van der Waals surface area contributed by atoms with Crippen LogP contribution in [0.4, 0.5) is 5.69 Å². The van der Waals surface area contributed by atoms with Crippen molar-refractivity contribution in [3.8, 4) is 0 Å². The van der Waals surface area contributed by atoms with Crippen molar-refractivity contribution in [3.63, 3.8) is 0 Å². The van der Waals surface area contributed by atoms with Crippen LogP contribution in [0.1, 0.15) is 43.6 Å². The molecule has 0 aliphatic carbocycles. The molecule has 2 heterocycles. The molecule has 4 nitrogen and oxygen atoms in total. The molecule has 1 aliphatic rings. The zero-order chi connectivity index (χ0) is 13.2. The number of nitrogens with zero attached hydrogens (tertiary/aromatic N) is 2. The van der Waals surface area contributed by atoms with Gasteiger partial charge in [0.15, 0.2) is 5.69 Å². The molecule has 4 heteroatoms. The number of hydrogen-bond acceptors (Lipinski definition) is 3. The van der Waals surface area contributed by atoms with Crippen LogP contribution >= 0.6 is 0 Å². The molecule has 0 radical (unpaired) electrons. The summed E-state index contributed by atoms with van der Waals surface area (Å²) in [6.45, 7) is 6.12. The summed E-state index contributed by atoms with van der Waals surface area (Å²) in [4.78, 5) is 18.4. The summed E-state index contributed by atoms with van der Waals surface area (Å²) in [6, 6.07) is 3.47. The molecule has 0 saturated carbocycles. The van der Waals surface area contributed by atoms with Gasteiger partial charge in [-0.25, -0.2) is 4.98 Å². The molecule has 0 spiro atoms. The third-order valence-electron chi connectivity index (χ3n) is 3.67. The Morgan fingerprint density at radius 3 is 2.89 bits per heavy atom. The number of anilines is 1. The van der Waals surface area contributed by atoms with Gasteiger partial charge in [-0.1, -0.05) is 13.8 Å². The van der Waals surface area contributed by atoms with Gasteiger partial charge in [-0.15, -0.1) is 0 Å². The molecule has 1 amide bonds. The maximum atomic E-state index is 12.4. The van der Waals surface area contributed by atoms with Gasteiger partial charge in [0.1, 0.15) is 0 Å². The highest BCUT2D eigenvalue weighted by Crippen LogP contribution is 2.30. The van der Waals surface area contributed by atoms with Crippen LogP contribution in [-0.4, -0.2) is 28.9 Å². The minimum Gasteiger partial charge on any atom is -0.397 e. The van der Waals surface area contributed by atoms with Crippen LogP contribution < -0.4 is 5.73 Å². The van der Waals surface area contributed by atoms with E-state index in [2.05, 4.69) is 18.8 Å². The number of likely N-dealkylation sites (tertiary alicyclic amines) is 1. The second kappa shape index (κ2) is 4.96. The quantitative estimate of drug-likeness (QED) is 0.828. The Kier molecular flexibility index (Phi) is 3.55. The molecular weight excluding hydrogens is 226 g/mol. The van der Waals surface area contributed by atoms with Crippen molar-refractivity contribution in [3.05, 3.63) is 24.0 Å². The SMILES string of the molecule is CC1(C)CCCN(C(=O)c2ncccc2N)CC1. The molecular formula is C14H21N3O. The predicted molar refractivity (Wildman–Crippen MR) is 72.2 cm³/mol. The number of amides is 1. The van der Waals surface area contributed by atoms with Gasteiger partial charge in [-0.2, -0.15) is 0 Å². The van der Waals surface area contributed by atoms with Crippen LogP contribution in [0.2, 0.25) is 0 Å². The van der Waals surface area contributed by atoms with Crippen molar-refractivity contribution in [2.24, 2.45) is 5.41 Å². The number of nitrogen functional groups attached to an aromatic ring is 1. The Morgan fingerprint density at radius 2 is 2.17 bits per heavy atom. The second-order valence-electron chi connectivity index (χ2n) is 5.75. The Bertz CT molecular complexity index is 442. The second-order valence-corrected chi connectivity index (χ2v) is 5.75. The summed E-state index contributed by atoms with van der Waals surface area (Å²) in [6.07, 6.45) is 4.86. The topological polar surface area (TPSA) is 59.2 Å².